The molecule has 0 N–H and O–H groups in total. The third-order valence-electron chi connectivity index (χ3n) is 2.37. The Morgan fingerprint density at radius 3 is 2.88 bits per heavy atom. The van der Waals surface area contributed by atoms with Crippen LogP contribution in [0.1, 0.15) is 0 Å². The van der Waals surface area contributed by atoms with Gasteiger partial charge in [-0.1, -0.05) is 24.0 Å². The standard InChI is InChI=1S/C10H13NO3S2/c12-9-5-8(6-14-9)7-16-10(15)11-1-3-13-4-2-11/h5H,1-4,6-7H2. The molecule has 0 atom stereocenters. The number of carbonyl (C=O) groups is 1. The van der Waals surface area contributed by atoms with E-state index in [1.54, 1.807) is 17.8 Å². The molecule has 6 heteroatoms. The zero-order valence-corrected chi connectivity index (χ0v) is 10.4. The summed E-state index contributed by atoms with van der Waals surface area (Å²) in [5.41, 5.74) is 1.01. The van der Waals surface area contributed by atoms with E-state index in [9.17, 15) is 4.79 Å². The number of carbonyl (C=O) groups excluding carboxylic acids is 1. The van der Waals surface area contributed by atoms with Crippen molar-refractivity contribution in [1.82, 2.24) is 4.90 Å². The molecule has 0 amide bonds. The summed E-state index contributed by atoms with van der Waals surface area (Å²) in [7, 11) is 0. The number of ether oxygens (including phenoxy) is 2. The molecule has 2 heterocycles. The first kappa shape index (κ1) is 11.9. The Kier molecular flexibility index (Phi) is 4.20. The summed E-state index contributed by atoms with van der Waals surface area (Å²) in [6, 6.07) is 0. The maximum Gasteiger partial charge on any atom is 0.331 e. The van der Waals surface area contributed by atoms with Crippen molar-refractivity contribution in [2.24, 2.45) is 0 Å². The van der Waals surface area contributed by atoms with Gasteiger partial charge in [0, 0.05) is 24.9 Å². The maximum atomic E-state index is 10.8. The summed E-state index contributed by atoms with van der Waals surface area (Å²) in [6.07, 6.45) is 1.55. The first-order valence-corrected chi connectivity index (χ1v) is 6.51. The van der Waals surface area contributed by atoms with Gasteiger partial charge in [0.15, 0.2) is 0 Å². The zero-order chi connectivity index (χ0) is 11.4. The molecule has 0 aromatic carbocycles. The molecule has 0 unspecified atom stereocenters. The van der Waals surface area contributed by atoms with Gasteiger partial charge in [0.05, 0.1) is 13.2 Å². The van der Waals surface area contributed by atoms with Crippen LogP contribution in [-0.2, 0) is 14.3 Å². The Hall–Kier alpha value is -0.590. The first-order valence-electron chi connectivity index (χ1n) is 5.11. The molecule has 0 saturated carbocycles. The van der Waals surface area contributed by atoms with Gasteiger partial charge in [-0.15, -0.1) is 0 Å². The van der Waals surface area contributed by atoms with Crippen LogP contribution in [0.3, 0.4) is 0 Å². The Bertz CT molecular complexity index is 324. The maximum absolute atomic E-state index is 10.8. The minimum Gasteiger partial charge on any atom is -0.458 e. The summed E-state index contributed by atoms with van der Waals surface area (Å²) in [5.74, 6) is 0.495. The second-order valence-corrected chi connectivity index (χ2v) is 5.17. The molecule has 2 aliphatic rings. The average molecular weight is 259 g/mol. The lowest BCUT2D eigenvalue weighted by Crippen LogP contribution is -2.38. The fourth-order valence-corrected chi connectivity index (χ4v) is 2.69. The minimum atomic E-state index is -0.243. The number of hydrogen-bond acceptors (Lipinski definition) is 5. The van der Waals surface area contributed by atoms with Gasteiger partial charge in [-0.05, 0) is 5.57 Å². The van der Waals surface area contributed by atoms with E-state index in [2.05, 4.69) is 4.90 Å². The highest BCUT2D eigenvalue weighted by atomic mass is 32.2. The van der Waals surface area contributed by atoms with E-state index in [4.69, 9.17) is 21.7 Å². The predicted octanol–water partition coefficient (Wildman–Crippen LogP) is 0.820. The van der Waals surface area contributed by atoms with E-state index < -0.39 is 0 Å². The lowest BCUT2D eigenvalue weighted by molar-refractivity contribution is -0.134. The molecule has 2 rings (SSSR count). The second kappa shape index (κ2) is 5.65. The molecule has 0 radical (unpaired) electrons. The molecule has 0 aromatic heterocycles. The zero-order valence-electron chi connectivity index (χ0n) is 8.81. The molecular weight excluding hydrogens is 246 g/mol. The van der Waals surface area contributed by atoms with Crippen LogP contribution < -0.4 is 0 Å². The van der Waals surface area contributed by atoms with Crippen LogP contribution in [0.4, 0.5) is 0 Å². The van der Waals surface area contributed by atoms with Crippen LogP contribution >= 0.6 is 24.0 Å². The topological polar surface area (TPSA) is 38.8 Å². The fourth-order valence-electron chi connectivity index (χ4n) is 1.49. The van der Waals surface area contributed by atoms with Crippen LogP contribution in [0.2, 0.25) is 0 Å². The second-order valence-electron chi connectivity index (χ2n) is 3.56. The van der Waals surface area contributed by atoms with Gasteiger partial charge in [-0.3, -0.25) is 0 Å². The highest BCUT2D eigenvalue weighted by molar-refractivity contribution is 8.23. The third-order valence-corrected chi connectivity index (χ3v) is 4.00. The monoisotopic (exact) mass is 259 g/mol. The average Bonchev–Trinajstić information content (AvgIpc) is 2.73. The van der Waals surface area contributed by atoms with Crippen molar-refractivity contribution in [3.8, 4) is 0 Å². The molecule has 1 fully saturated rings. The van der Waals surface area contributed by atoms with Gasteiger partial charge >= 0.3 is 5.97 Å². The van der Waals surface area contributed by atoms with E-state index in [1.807, 2.05) is 0 Å². The number of morpholine rings is 1. The minimum absolute atomic E-state index is 0.243. The van der Waals surface area contributed by atoms with Crippen molar-refractivity contribution < 1.29 is 14.3 Å². The van der Waals surface area contributed by atoms with Gasteiger partial charge in [-0.25, -0.2) is 4.79 Å². The van der Waals surface area contributed by atoms with Gasteiger partial charge in [0.25, 0.3) is 0 Å². The van der Waals surface area contributed by atoms with Crippen molar-refractivity contribution >= 4 is 34.3 Å². The first-order chi connectivity index (χ1) is 7.75. The third kappa shape index (κ3) is 3.20. The number of thiocarbonyl (C=S) groups is 1. The van der Waals surface area contributed by atoms with Crippen molar-refractivity contribution in [3.05, 3.63) is 11.6 Å². The van der Waals surface area contributed by atoms with Gasteiger partial charge in [-0.2, -0.15) is 0 Å². The van der Waals surface area contributed by atoms with E-state index in [1.165, 1.54) is 0 Å². The van der Waals surface area contributed by atoms with Gasteiger partial charge in [0.1, 0.15) is 10.9 Å². The van der Waals surface area contributed by atoms with Gasteiger partial charge < -0.3 is 14.4 Å². The number of thioether (sulfide) groups is 1. The van der Waals surface area contributed by atoms with Crippen molar-refractivity contribution in [2.75, 3.05) is 38.7 Å². The molecule has 4 nitrogen and oxygen atoms in total. The fraction of sp³-hybridized carbons (Fsp3) is 0.600. The summed E-state index contributed by atoms with van der Waals surface area (Å²) in [6.45, 7) is 3.62. The normalized spacial score (nSPS) is 20.6. The SMILES string of the molecule is O=C1C=C(CSC(=S)N2CCOCC2)CO1. The molecular formula is C10H13NO3S2. The van der Waals surface area contributed by atoms with Crippen LogP contribution in [0.25, 0.3) is 0 Å². The van der Waals surface area contributed by atoms with Gasteiger partial charge in [0.2, 0.25) is 0 Å². The molecule has 2 aliphatic heterocycles. The van der Waals surface area contributed by atoms with E-state index >= 15 is 0 Å². The van der Waals surface area contributed by atoms with Crippen LogP contribution in [0, 0.1) is 0 Å². The lowest BCUT2D eigenvalue weighted by Gasteiger charge is -2.28. The number of nitrogens with zero attached hydrogens (tertiary/aromatic N) is 1. The van der Waals surface area contributed by atoms with Crippen molar-refractivity contribution in [1.29, 1.82) is 0 Å². The number of hydrogen-bond donors (Lipinski definition) is 0. The van der Waals surface area contributed by atoms with Crippen LogP contribution in [0.15, 0.2) is 11.6 Å². The summed E-state index contributed by atoms with van der Waals surface area (Å²) in [5, 5.41) is 0. The molecule has 16 heavy (non-hydrogen) atoms. The Morgan fingerprint density at radius 2 is 2.25 bits per heavy atom. The van der Waals surface area contributed by atoms with Crippen molar-refractivity contribution in [2.45, 2.75) is 0 Å². The summed E-state index contributed by atoms with van der Waals surface area (Å²) in [4.78, 5) is 13.0. The van der Waals surface area contributed by atoms with E-state index in [0.717, 1.165) is 41.9 Å². The number of esters is 1. The predicted molar refractivity (Wildman–Crippen MR) is 66.5 cm³/mol. The molecule has 0 aromatic rings. The van der Waals surface area contributed by atoms with E-state index in [-0.39, 0.29) is 5.97 Å². The highest BCUT2D eigenvalue weighted by Gasteiger charge is 2.17. The molecule has 0 bridgehead atoms. The highest BCUT2D eigenvalue weighted by Crippen LogP contribution is 2.17. The number of rotatable bonds is 2. The Labute approximate surface area is 104 Å². The lowest BCUT2D eigenvalue weighted by atomic mass is 10.3. The number of cyclic esters (lactones) is 1. The summed E-state index contributed by atoms with van der Waals surface area (Å²) >= 11 is 6.90. The van der Waals surface area contributed by atoms with E-state index in [0.29, 0.717) is 6.61 Å². The van der Waals surface area contributed by atoms with Crippen LogP contribution in [-0.4, -0.2) is 53.9 Å². The smallest absolute Gasteiger partial charge is 0.331 e. The van der Waals surface area contributed by atoms with Crippen LogP contribution in [0.5, 0.6) is 0 Å². The molecule has 88 valence electrons. The van der Waals surface area contributed by atoms with Crippen molar-refractivity contribution in [3.63, 3.8) is 0 Å². The molecule has 0 spiro atoms. The molecule has 1 saturated heterocycles. The Morgan fingerprint density at radius 1 is 1.50 bits per heavy atom. The largest absolute Gasteiger partial charge is 0.458 e. The summed E-state index contributed by atoms with van der Waals surface area (Å²) < 4.78 is 11.0. The quantitative estimate of drug-likeness (QED) is 0.540. The Balaban J connectivity index is 1.74. The molecule has 0 aliphatic carbocycles.